The summed E-state index contributed by atoms with van der Waals surface area (Å²) in [6.07, 6.45) is 5.54. The van der Waals surface area contributed by atoms with Crippen molar-refractivity contribution in [3.63, 3.8) is 0 Å². The van der Waals surface area contributed by atoms with Crippen LogP contribution in [0.4, 0.5) is 0 Å². The van der Waals surface area contributed by atoms with Gasteiger partial charge in [-0.2, -0.15) is 5.26 Å². The summed E-state index contributed by atoms with van der Waals surface area (Å²) < 4.78 is 13.8. The van der Waals surface area contributed by atoms with Crippen LogP contribution >= 0.6 is 0 Å². The van der Waals surface area contributed by atoms with Gasteiger partial charge in [-0.3, -0.25) is 0 Å². The van der Waals surface area contributed by atoms with Crippen LogP contribution in [0.15, 0.2) is 22.8 Å². The molecule has 98 valence electrons. The van der Waals surface area contributed by atoms with Crippen molar-refractivity contribution in [2.45, 2.75) is 0 Å². The number of rotatable bonds is 4. The van der Waals surface area contributed by atoms with Crippen LogP contribution < -0.4 is 0 Å². The standard InChI is InChI=1S/C12H10N2O5/c1-17-11(15)9-8(6-4-3-5-7-13)14-19-10(9)12(16)18-2/h3-6H,1-2H3/b5-3-,6-4-. The van der Waals surface area contributed by atoms with Crippen LogP contribution in [0.3, 0.4) is 0 Å². The van der Waals surface area contributed by atoms with Crippen LogP contribution in [-0.2, 0) is 9.47 Å². The quantitative estimate of drug-likeness (QED) is 0.458. The summed E-state index contributed by atoms with van der Waals surface area (Å²) in [4.78, 5) is 23.0. The number of aromatic nitrogens is 1. The molecule has 0 bridgehead atoms. The molecule has 0 aliphatic rings. The number of hydrogen-bond donors (Lipinski definition) is 0. The highest BCUT2D eigenvalue weighted by molar-refractivity contribution is 6.03. The number of allylic oxidation sites excluding steroid dienone is 3. The first-order valence-corrected chi connectivity index (χ1v) is 5.04. The topological polar surface area (TPSA) is 102 Å². The number of methoxy groups -OCH3 is 2. The fourth-order valence-electron chi connectivity index (χ4n) is 1.19. The number of carbonyl (C=O) groups excluding carboxylic acids is 2. The van der Waals surface area contributed by atoms with Crippen LogP contribution in [0.25, 0.3) is 6.08 Å². The Morgan fingerprint density at radius 3 is 2.53 bits per heavy atom. The second-order valence-corrected chi connectivity index (χ2v) is 3.10. The third-order valence-electron chi connectivity index (χ3n) is 2.01. The van der Waals surface area contributed by atoms with Gasteiger partial charge in [0, 0.05) is 6.08 Å². The molecule has 0 atom stereocenters. The summed E-state index contributed by atoms with van der Waals surface area (Å²) in [6.45, 7) is 0. The normalized spacial score (nSPS) is 10.6. The molecule has 0 aliphatic heterocycles. The predicted molar refractivity (Wildman–Crippen MR) is 63.0 cm³/mol. The van der Waals surface area contributed by atoms with Crippen LogP contribution in [-0.4, -0.2) is 31.3 Å². The Bertz CT molecular complexity index is 577. The van der Waals surface area contributed by atoms with Crippen molar-refractivity contribution in [2.75, 3.05) is 14.2 Å². The molecule has 0 radical (unpaired) electrons. The van der Waals surface area contributed by atoms with E-state index in [0.717, 1.165) is 7.11 Å². The smallest absolute Gasteiger partial charge is 0.377 e. The van der Waals surface area contributed by atoms with E-state index in [0.29, 0.717) is 0 Å². The highest BCUT2D eigenvalue weighted by atomic mass is 16.6. The van der Waals surface area contributed by atoms with Gasteiger partial charge in [0.2, 0.25) is 0 Å². The molecule has 0 aromatic carbocycles. The van der Waals surface area contributed by atoms with Gasteiger partial charge in [0.05, 0.1) is 20.3 Å². The summed E-state index contributed by atoms with van der Waals surface area (Å²) in [6, 6.07) is 1.79. The van der Waals surface area contributed by atoms with E-state index < -0.39 is 11.9 Å². The van der Waals surface area contributed by atoms with Crippen LogP contribution in [0.5, 0.6) is 0 Å². The van der Waals surface area contributed by atoms with E-state index in [9.17, 15) is 9.59 Å². The van der Waals surface area contributed by atoms with Gasteiger partial charge in [-0.05, 0) is 6.08 Å². The van der Waals surface area contributed by atoms with Crippen molar-refractivity contribution >= 4 is 18.0 Å². The van der Waals surface area contributed by atoms with Crippen molar-refractivity contribution in [3.05, 3.63) is 35.2 Å². The van der Waals surface area contributed by atoms with Gasteiger partial charge < -0.3 is 14.0 Å². The van der Waals surface area contributed by atoms with Crippen molar-refractivity contribution in [1.82, 2.24) is 5.16 Å². The molecule has 1 aromatic heterocycles. The Kier molecular flexibility index (Phi) is 5.04. The minimum atomic E-state index is -0.833. The van der Waals surface area contributed by atoms with Crippen LogP contribution in [0.2, 0.25) is 0 Å². The first-order valence-electron chi connectivity index (χ1n) is 5.04. The molecule has 7 nitrogen and oxygen atoms in total. The van der Waals surface area contributed by atoms with E-state index in [-0.39, 0.29) is 17.0 Å². The van der Waals surface area contributed by atoms with Gasteiger partial charge >= 0.3 is 11.9 Å². The van der Waals surface area contributed by atoms with Crippen molar-refractivity contribution in [3.8, 4) is 6.07 Å². The van der Waals surface area contributed by atoms with Gasteiger partial charge in [0.15, 0.2) is 0 Å². The average Bonchev–Trinajstić information content (AvgIpc) is 2.85. The molecule has 1 aromatic rings. The maximum absolute atomic E-state index is 11.6. The molecule has 0 spiro atoms. The third-order valence-corrected chi connectivity index (χ3v) is 2.01. The zero-order valence-electron chi connectivity index (χ0n) is 10.2. The number of esters is 2. The SMILES string of the molecule is COC(=O)c1onc(/C=C\C=C/C#N)c1C(=O)OC. The fourth-order valence-corrected chi connectivity index (χ4v) is 1.19. The molecule has 1 heterocycles. The molecule has 0 saturated carbocycles. The molecule has 1 rings (SSSR count). The summed E-state index contributed by atoms with van der Waals surface area (Å²) >= 11 is 0. The third kappa shape index (κ3) is 3.29. The molecule has 0 unspecified atom stereocenters. The second-order valence-electron chi connectivity index (χ2n) is 3.10. The lowest BCUT2D eigenvalue weighted by Gasteiger charge is -1.98. The Balaban J connectivity index is 3.19. The summed E-state index contributed by atoms with van der Waals surface area (Å²) in [7, 11) is 2.32. The van der Waals surface area contributed by atoms with Gasteiger partial charge in [0.25, 0.3) is 5.76 Å². The van der Waals surface area contributed by atoms with Crippen molar-refractivity contribution in [2.24, 2.45) is 0 Å². The van der Waals surface area contributed by atoms with Crippen molar-refractivity contribution in [1.29, 1.82) is 5.26 Å². The van der Waals surface area contributed by atoms with E-state index in [2.05, 4.69) is 14.6 Å². The zero-order chi connectivity index (χ0) is 14.3. The molecular formula is C12H10N2O5. The largest absolute Gasteiger partial charge is 0.465 e. The van der Waals surface area contributed by atoms with E-state index >= 15 is 0 Å². The fraction of sp³-hybridized carbons (Fsp3) is 0.167. The number of ether oxygens (including phenoxy) is 2. The minimum Gasteiger partial charge on any atom is -0.465 e. The van der Waals surface area contributed by atoms with Crippen molar-refractivity contribution < 1.29 is 23.6 Å². The lowest BCUT2D eigenvalue weighted by Crippen LogP contribution is -2.10. The summed E-state index contributed by atoms with van der Waals surface area (Å²) in [5, 5.41) is 11.9. The molecule has 0 saturated heterocycles. The lowest BCUT2D eigenvalue weighted by molar-refractivity contribution is 0.0521. The highest BCUT2D eigenvalue weighted by Crippen LogP contribution is 2.18. The maximum Gasteiger partial charge on any atom is 0.377 e. The Morgan fingerprint density at radius 1 is 1.26 bits per heavy atom. The number of hydrogen-bond acceptors (Lipinski definition) is 7. The van der Waals surface area contributed by atoms with E-state index in [4.69, 9.17) is 9.78 Å². The monoisotopic (exact) mass is 262 g/mol. The van der Waals surface area contributed by atoms with Gasteiger partial charge in [-0.1, -0.05) is 17.3 Å². The average molecular weight is 262 g/mol. The van der Waals surface area contributed by atoms with Crippen LogP contribution in [0, 0.1) is 11.3 Å². The molecule has 0 fully saturated rings. The first kappa shape index (κ1) is 14.2. The Morgan fingerprint density at radius 2 is 1.95 bits per heavy atom. The van der Waals surface area contributed by atoms with Gasteiger partial charge in [-0.15, -0.1) is 0 Å². The lowest BCUT2D eigenvalue weighted by atomic mass is 10.1. The molecule has 0 amide bonds. The molecule has 0 N–H and O–H groups in total. The van der Waals surface area contributed by atoms with Gasteiger partial charge in [-0.25, -0.2) is 9.59 Å². The molecule has 7 heteroatoms. The Labute approximate surface area is 108 Å². The summed E-state index contributed by atoms with van der Waals surface area (Å²) in [5.41, 5.74) is -0.0224. The number of carbonyl (C=O) groups is 2. The highest BCUT2D eigenvalue weighted by Gasteiger charge is 2.27. The van der Waals surface area contributed by atoms with Crippen LogP contribution in [0.1, 0.15) is 26.6 Å². The summed E-state index contributed by atoms with van der Waals surface area (Å²) in [5.74, 6) is -1.94. The van der Waals surface area contributed by atoms with Gasteiger partial charge in [0.1, 0.15) is 11.3 Å². The predicted octanol–water partition coefficient (Wildman–Crippen LogP) is 1.34. The number of nitriles is 1. The molecule has 0 aliphatic carbocycles. The zero-order valence-corrected chi connectivity index (χ0v) is 10.2. The van der Waals surface area contributed by atoms with E-state index in [1.165, 1.54) is 31.4 Å². The van der Waals surface area contributed by atoms with E-state index in [1.54, 1.807) is 6.07 Å². The first-order chi connectivity index (χ1) is 9.15. The minimum absolute atomic E-state index is 0.106. The molecular weight excluding hydrogens is 252 g/mol. The Hall–Kier alpha value is -2.88. The molecule has 19 heavy (non-hydrogen) atoms. The second kappa shape index (κ2) is 6.76. The van der Waals surface area contributed by atoms with E-state index in [1.807, 2.05) is 0 Å². The maximum atomic E-state index is 11.6. The number of nitrogens with zero attached hydrogens (tertiary/aromatic N) is 2.